The fraction of sp³-hybridized carbons (Fsp3) is 0.562. The predicted molar refractivity (Wildman–Crippen MR) is 76.5 cm³/mol. The number of carbonyl (C=O) groups is 1. The summed E-state index contributed by atoms with van der Waals surface area (Å²) in [7, 11) is 0. The lowest BCUT2D eigenvalue weighted by Gasteiger charge is -2.32. The Morgan fingerprint density at radius 2 is 1.96 bits per heavy atom. The lowest BCUT2D eigenvalue weighted by Crippen LogP contribution is -2.39. The van der Waals surface area contributed by atoms with E-state index in [1.165, 1.54) is 6.92 Å². The van der Waals surface area contributed by atoms with Crippen molar-refractivity contribution in [3.05, 3.63) is 35.1 Å². The molecule has 0 amide bonds. The summed E-state index contributed by atoms with van der Waals surface area (Å²) < 4.78 is 51.6. The van der Waals surface area contributed by atoms with Crippen LogP contribution in [0.25, 0.3) is 0 Å². The van der Waals surface area contributed by atoms with E-state index in [1.54, 1.807) is 0 Å². The Balaban J connectivity index is 2.18. The molecule has 7 heteroatoms. The van der Waals surface area contributed by atoms with Crippen LogP contribution in [0.2, 0.25) is 0 Å². The van der Waals surface area contributed by atoms with Crippen molar-refractivity contribution in [1.29, 1.82) is 0 Å². The summed E-state index contributed by atoms with van der Waals surface area (Å²) in [6, 6.07) is 2.64. The molecule has 1 aliphatic heterocycles. The van der Waals surface area contributed by atoms with Gasteiger partial charge in [0.05, 0.1) is 17.6 Å². The molecule has 2 rings (SSSR count). The molecule has 1 saturated heterocycles. The molecular formula is C16H19F4NO2. The topological polar surface area (TPSA) is 40.5 Å². The van der Waals surface area contributed by atoms with Crippen LogP contribution in [-0.2, 0) is 11.0 Å². The first kappa shape index (κ1) is 17.9. The first-order chi connectivity index (χ1) is 10.7. The zero-order valence-electron chi connectivity index (χ0n) is 12.7. The Morgan fingerprint density at radius 3 is 2.43 bits per heavy atom. The Bertz CT molecular complexity index is 566. The summed E-state index contributed by atoms with van der Waals surface area (Å²) in [5.74, 6) is -2.27. The van der Waals surface area contributed by atoms with E-state index in [0.29, 0.717) is 38.5 Å². The quantitative estimate of drug-likeness (QED) is 0.861. The van der Waals surface area contributed by atoms with Gasteiger partial charge >= 0.3 is 6.18 Å². The molecule has 1 aliphatic rings. The lowest BCUT2D eigenvalue weighted by molar-refractivity contribution is -0.140. The first-order valence-electron chi connectivity index (χ1n) is 7.46. The van der Waals surface area contributed by atoms with Gasteiger partial charge in [-0.2, -0.15) is 13.2 Å². The highest BCUT2D eigenvalue weighted by molar-refractivity contribution is 5.83. The highest BCUT2D eigenvalue weighted by atomic mass is 19.4. The number of benzene rings is 1. The average molecular weight is 333 g/mol. The minimum absolute atomic E-state index is 0.227. The average Bonchev–Trinajstić information content (AvgIpc) is 2.44. The second-order valence-electron chi connectivity index (χ2n) is 5.93. The van der Waals surface area contributed by atoms with Crippen molar-refractivity contribution in [2.75, 3.05) is 19.6 Å². The maximum absolute atomic E-state index is 13.7. The Labute approximate surface area is 131 Å². The minimum atomic E-state index is -4.75. The third-order valence-corrected chi connectivity index (χ3v) is 4.19. The van der Waals surface area contributed by atoms with Crippen molar-refractivity contribution in [2.45, 2.75) is 38.0 Å². The zero-order valence-corrected chi connectivity index (χ0v) is 12.7. The summed E-state index contributed by atoms with van der Waals surface area (Å²) in [4.78, 5) is 13.8. The largest absolute Gasteiger partial charge is 0.419 e. The van der Waals surface area contributed by atoms with Crippen molar-refractivity contribution in [1.82, 2.24) is 4.90 Å². The molecule has 0 unspecified atom stereocenters. The van der Waals surface area contributed by atoms with E-state index in [0.717, 1.165) is 12.1 Å². The van der Waals surface area contributed by atoms with Gasteiger partial charge in [-0.25, -0.2) is 4.39 Å². The van der Waals surface area contributed by atoms with Gasteiger partial charge in [0, 0.05) is 19.6 Å². The highest BCUT2D eigenvalue weighted by Crippen LogP contribution is 2.33. The number of carbonyl (C=O) groups excluding carboxylic acids is 1. The van der Waals surface area contributed by atoms with Crippen LogP contribution in [0.3, 0.4) is 0 Å². The molecule has 1 N–H and O–H groups in total. The van der Waals surface area contributed by atoms with Gasteiger partial charge in [0.25, 0.3) is 0 Å². The molecule has 0 aliphatic carbocycles. The number of aliphatic hydroxyl groups is 1. The molecule has 0 saturated carbocycles. The molecule has 0 radical (unpaired) electrons. The first-order valence-corrected chi connectivity index (χ1v) is 7.46. The molecule has 1 aromatic rings. The van der Waals surface area contributed by atoms with Crippen LogP contribution in [-0.4, -0.2) is 41.5 Å². The van der Waals surface area contributed by atoms with Crippen LogP contribution >= 0.6 is 0 Å². The number of aliphatic hydroxyl groups excluding tert-OH is 1. The second-order valence-corrected chi connectivity index (χ2v) is 5.93. The van der Waals surface area contributed by atoms with Crippen molar-refractivity contribution in [3.8, 4) is 0 Å². The number of hydrogen-bond donors (Lipinski definition) is 1. The summed E-state index contributed by atoms with van der Waals surface area (Å²) in [5, 5.41) is 9.48. The van der Waals surface area contributed by atoms with E-state index < -0.39 is 23.5 Å². The normalized spacial score (nSPS) is 18.9. The molecule has 0 bridgehead atoms. The number of halogens is 4. The predicted octanol–water partition coefficient (Wildman–Crippen LogP) is 2.97. The number of alkyl halides is 3. The van der Waals surface area contributed by atoms with E-state index >= 15 is 0 Å². The summed E-state index contributed by atoms with van der Waals surface area (Å²) in [6.07, 6.45) is -3.93. The third kappa shape index (κ3) is 4.51. The maximum Gasteiger partial charge on any atom is 0.419 e. The Morgan fingerprint density at radius 1 is 1.35 bits per heavy atom. The van der Waals surface area contributed by atoms with Crippen LogP contribution in [0, 0.1) is 5.82 Å². The van der Waals surface area contributed by atoms with E-state index in [9.17, 15) is 27.5 Å². The van der Waals surface area contributed by atoms with Gasteiger partial charge < -0.3 is 10.0 Å². The molecule has 1 atom stereocenters. The van der Waals surface area contributed by atoms with Gasteiger partial charge in [0.15, 0.2) is 0 Å². The smallest absolute Gasteiger partial charge is 0.393 e. The zero-order chi connectivity index (χ0) is 17.2. The van der Waals surface area contributed by atoms with Crippen LogP contribution < -0.4 is 0 Å². The Hall–Kier alpha value is -1.47. The van der Waals surface area contributed by atoms with Gasteiger partial charge in [0.2, 0.25) is 0 Å². The van der Waals surface area contributed by atoms with Gasteiger partial charge in [-0.3, -0.25) is 4.79 Å². The van der Waals surface area contributed by atoms with Crippen molar-refractivity contribution < 1.29 is 27.5 Å². The minimum Gasteiger partial charge on any atom is -0.393 e. The van der Waals surface area contributed by atoms with Gasteiger partial charge in [-0.1, -0.05) is 6.07 Å². The van der Waals surface area contributed by atoms with Gasteiger partial charge in [-0.15, -0.1) is 0 Å². The molecular weight excluding hydrogens is 314 g/mol. The van der Waals surface area contributed by atoms with Crippen LogP contribution in [0.1, 0.15) is 36.8 Å². The molecule has 0 spiro atoms. The molecule has 128 valence electrons. The number of ketones is 1. The standard InChI is InChI=1S/C16H19F4NO2/c1-10(22)13(9-21-6-4-12(23)5-7-21)11-2-3-14(15(17)8-11)16(18,19)20/h2-3,8,12-13,23H,4-7,9H2,1H3/t13-/m0/s1. The van der Waals surface area contributed by atoms with E-state index in [1.807, 2.05) is 4.90 Å². The Kier molecular flexibility index (Phi) is 5.41. The van der Waals surface area contributed by atoms with Crippen LogP contribution in [0.5, 0.6) is 0 Å². The number of rotatable bonds is 4. The van der Waals surface area contributed by atoms with Crippen molar-refractivity contribution in [2.24, 2.45) is 0 Å². The number of hydrogen-bond acceptors (Lipinski definition) is 3. The SMILES string of the molecule is CC(=O)[C@H](CN1CCC(O)CC1)c1ccc(C(F)(F)F)c(F)c1. The number of piperidine rings is 1. The van der Waals surface area contributed by atoms with E-state index in [4.69, 9.17) is 0 Å². The third-order valence-electron chi connectivity index (χ3n) is 4.19. The lowest BCUT2D eigenvalue weighted by atomic mass is 9.92. The molecule has 23 heavy (non-hydrogen) atoms. The van der Waals surface area contributed by atoms with Gasteiger partial charge in [-0.05, 0) is 37.5 Å². The highest BCUT2D eigenvalue weighted by Gasteiger charge is 2.34. The molecule has 0 aromatic heterocycles. The fourth-order valence-corrected chi connectivity index (χ4v) is 2.81. The van der Waals surface area contributed by atoms with Gasteiger partial charge in [0.1, 0.15) is 11.6 Å². The fourth-order valence-electron chi connectivity index (χ4n) is 2.81. The van der Waals surface area contributed by atoms with Crippen LogP contribution in [0.15, 0.2) is 18.2 Å². The molecule has 1 heterocycles. The summed E-state index contributed by atoms with van der Waals surface area (Å²) in [5.41, 5.74) is -1.08. The molecule has 1 aromatic carbocycles. The number of likely N-dealkylation sites (tertiary alicyclic amines) is 1. The van der Waals surface area contributed by atoms with Crippen molar-refractivity contribution >= 4 is 5.78 Å². The van der Waals surface area contributed by atoms with Crippen LogP contribution in [0.4, 0.5) is 17.6 Å². The van der Waals surface area contributed by atoms with E-state index in [2.05, 4.69) is 0 Å². The maximum atomic E-state index is 13.7. The summed E-state index contributed by atoms with van der Waals surface area (Å²) in [6.45, 7) is 2.87. The molecule has 3 nitrogen and oxygen atoms in total. The summed E-state index contributed by atoms with van der Waals surface area (Å²) >= 11 is 0. The second kappa shape index (κ2) is 6.97. The van der Waals surface area contributed by atoms with Crippen molar-refractivity contribution in [3.63, 3.8) is 0 Å². The van der Waals surface area contributed by atoms with E-state index in [-0.39, 0.29) is 17.5 Å². The molecule has 1 fully saturated rings. The number of Topliss-reactive ketones (excluding diaryl/α,β-unsaturated/α-hetero) is 1. The monoisotopic (exact) mass is 333 g/mol. The number of nitrogens with zero attached hydrogens (tertiary/aromatic N) is 1.